The summed E-state index contributed by atoms with van der Waals surface area (Å²) in [5.74, 6) is 1.04. The van der Waals surface area contributed by atoms with Crippen molar-refractivity contribution in [1.82, 2.24) is 15.3 Å². The number of nitrogen functional groups attached to an aromatic ring is 2. The van der Waals surface area contributed by atoms with Gasteiger partial charge < -0.3 is 21.7 Å². The average Bonchev–Trinajstić information content (AvgIpc) is 2.73. The Balaban J connectivity index is 0.00000240. The summed E-state index contributed by atoms with van der Waals surface area (Å²) in [6, 6.07) is 5.39. The maximum absolute atomic E-state index is 11.7. The Bertz CT molecular complexity index is 898. The van der Waals surface area contributed by atoms with Gasteiger partial charge in [0.25, 0.3) is 0 Å². The summed E-state index contributed by atoms with van der Waals surface area (Å²) >= 11 is 0. The van der Waals surface area contributed by atoms with Gasteiger partial charge in [0.1, 0.15) is 17.1 Å². The number of nitro groups is 1. The molecule has 1 aliphatic rings. The molecule has 172 valence electrons. The highest BCUT2D eigenvalue weighted by Gasteiger charge is 2.27. The maximum atomic E-state index is 11.7. The van der Waals surface area contributed by atoms with Crippen LogP contribution in [0.4, 0.5) is 22.9 Å². The lowest BCUT2D eigenvalue weighted by molar-refractivity contribution is -0.383. The van der Waals surface area contributed by atoms with E-state index in [0.29, 0.717) is 6.04 Å². The number of aryl methyl sites for hydroxylation is 1. The third kappa shape index (κ3) is 6.09. The van der Waals surface area contributed by atoms with Gasteiger partial charge in [-0.1, -0.05) is 13.3 Å². The molecule has 2 aromatic rings. The van der Waals surface area contributed by atoms with Crippen LogP contribution >= 0.6 is 24.8 Å². The number of unbranched alkanes of at least 4 members (excludes halogenated alkanes) is 1. The average molecular weight is 472 g/mol. The van der Waals surface area contributed by atoms with Gasteiger partial charge in [0.05, 0.1) is 4.92 Å². The molecular formula is C20H31Cl2N7O2. The molecule has 1 atom stereocenters. The van der Waals surface area contributed by atoms with Gasteiger partial charge >= 0.3 is 5.69 Å². The first-order chi connectivity index (χ1) is 13.9. The van der Waals surface area contributed by atoms with Crippen molar-refractivity contribution in [1.29, 1.82) is 0 Å². The van der Waals surface area contributed by atoms with Gasteiger partial charge in [0.15, 0.2) is 5.82 Å². The third-order valence-electron chi connectivity index (χ3n) is 5.35. The number of nitrogens with zero attached hydrogens (tertiary/aromatic N) is 4. The fourth-order valence-corrected chi connectivity index (χ4v) is 3.72. The number of benzene rings is 1. The lowest BCUT2D eigenvalue weighted by atomic mass is 10.1. The zero-order chi connectivity index (χ0) is 21.0. The van der Waals surface area contributed by atoms with E-state index in [9.17, 15) is 10.1 Å². The lowest BCUT2D eigenvalue weighted by Crippen LogP contribution is -2.44. The molecule has 0 radical (unpaired) electrons. The summed E-state index contributed by atoms with van der Waals surface area (Å²) in [4.78, 5) is 22.7. The van der Waals surface area contributed by atoms with Crippen molar-refractivity contribution in [3.8, 4) is 11.4 Å². The molecule has 3 rings (SSSR count). The van der Waals surface area contributed by atoms with E-state index in [1.54, 1.807) is 6.07 Å². The number of rotatable bonds is 7. The molecule has 1 aliphatic heterocycles. The van der Waals surface area contributed by atoms with Crippen LogP contribution < -0.4 is 21.7 Å². The molecule has 0 amide bonds. The van der Waals surface area contributed by atoms with E-state index in [4.69, 9.17) is 16.5 Å². The lowest BCUT2D eigenvalue weighted by Gasteiger charge is -2.33. The van der Waals surface area contributed by atoms with E-state index in [0.717, 1.165) is 56.7 Å². The number of piperidine rings is 1. The predicted molar refractivity (Wildman–Crippen MR) is 130 cm³/mol. The zero-order valence-corrected chi connectivity index (χ0v) is 19.5. The third-order valence-corrected chi connectivity index (χ3v) is 5.35. The number of likely N-dealkylation sites (N-methyl/N-ethyl adjacent to an activating group) is 1. The molecule has 5 N–H and O–H groups in total. The van der Waals surface area contributed by atoms with Crippen molar-refractivity contribution in [3.05, 3.63) is 34.0 Å². The van der Waals surface area contributed by atoms with Crippen molar-refractivity contribution in [3.63, 3.8) is 0 Å². The highest BCUT2D eigenvalue weighted by atomic mass is 35.5. The van der Waals surface area contributed by atoms with Crippen molar-refractivity contribution < 1.29 is 4.92 Å². The first-order valence-corrected chi connectivity index (χ1v) is 10.1. The van der Waals surface area contributed by atoms with E-state index in [1.165, 1.54) is 6.07 Å². The Kier molecular flexibility index (Phi) is 10.2. The predicted octanol–water partition coefficient (Wildman–Crippen LogP) is 3.59. The number of hydrogen-bond acceptors (Lipinski definition) is 8. The second kappa shape index (κ2) is 11.9. The SMILES string of the molecule is CCCCc1cc(N2CCCC(NC)C2)nc(-c2c(N)ccc(N)c2[N+](=O)[O-])n1.Cl.Cl. The molecule has 1 saturated heterocycles. The zero-order valence-electron chi connectivity index (χ0n) is 17.8. The summed E-state index contributed by atoms with van der Waals surface area (Å²) in [5.41, 5.74) is 13.1. The number of halogens is 2. The number of anilines is 3. The number of hydrogen-bond donors (Lipinski definition) is 3. The fourth-order valence-electron chi connectivity index (χ4n) is 3.72. The molecule has 0 spiro atoms. The van der Waals surface area contributed by atoms with Crippen LogP contribution in [0.1, 0.15) is 38.3 Å². The number of nitrogens with two attached hydrogens (primary N) is 2. The smallest absolute Gasteiger partial charge is 0.305 e. The Morgan fingerprint density at radius 2 is 1.97 bits per heavy atom. The van der Waals surface area contributed by atoms with Gasteiger partial charge in [-0.2, -0.15) is 0 Å². The van der Waals surface area contributed by atoms with E-state index >= 15 is 0 Å². The number of nitrogens with one attached hydrogen (secondary N) is 1. The Labute approximate surface area is 195 Å². The highest BCUT2D eigenvalue weighted by Crippen LogP contribution is 2.38. The summed E-state index contributed by atoms with van der Waals surface area (Å²) < 4.78 is 0. The van der Waals surface area contributed by atoms with Crippen molar-refractivity contribution in [2.45, 2.75) is 45.1 Å². The van der Waals surface area contributed by atoms with Crippen molar-refractivity contribution in [2.24, 2.45) is 0 Å². The van der Waals surface area contributed by atoms with Crippen molar-refractivity contribution >= 4 is 47.7 Å². The molecule has 1 aromatic heterocycles. The number of nitro benzene ring substituents is 1. The number of aromatic nitrogens is 2. The monoisotopic (exact) mass is 471 g/mol. The normalized spacial score (nSPS) is 15.7. The summed E-state index contributed by atoms with van der Waals surface area (Å²) in [7, 11) is 1.96. The minimum Gasteiger partial charge on any atom is -0.398 e. The van der Waals surface area contributed by atoms with Gasteiger partial charge in [0.2, 0.25) is 0 Å². The molecule has 1 aromatic carbocycles. The van der Waals surface area contributed by atoms with E-state index in [2.05, 4.69) is 22.1 Å². The van der Waals surface area contributed by atoms with E-state index < -0.39 is 4.92 Å². The van der Waals surface area contributed by atoms with Crippen LogP contribution in [0.25, 0.3) is 11.4 Å². The Morgan fingerprint density at radius 3 is 2.61 bits per heavy atom. The molecule has 0 aliphatic carbocycles. The van der Waals surface area contributed by atoms with Gasteiger partial charge in [-0.25, -0.2) is 9.97 Å². The van der Waals surface area contributed by atoms with Gasteiger partial charge in [-0.05, 0) is 44.9 Å². The van der Waals surface area contributed by atoms with Crippen LogP contribution in [0.5, 0.6) is 0 Å². The van der Waals surface area contributed by atoms with Gasteiger partial charge in [-0.15, -0.1) is 24.8 Å². The second-order valence-electron chi connectivity index (χ2n) is 7.44. The molecule has 0 bridgehead atoms. The van der Waals surface area contributed by atoms with Crippen LogP contribution in [-0.2, 0) is 6.42 Å². The van der Waals surface area contributed by atoms with Crippen LogP contribution in [0, 0.1) is 10.1 Å². The largest absolute Gasteiger partial charge is 0.398 e. The molecular weight excluding hydrogens is 441 g/mol. The van der Waals surface area contributed by atoms with Crippen LogP contribution in [0.15, 0.2) is 18.2 Å². The first-order valence-electron chi connectivity index (χ1n) is 10.1. The van der Waals surface area contributed by atoms with E-state index in [1.807, 2.05) is 13.1 Å². The Morgan fingerprint density at radius 1 is 1.26 bits per heavy atom. The fraction of sp³-hybridized carbons (Fsp3) is 0.500. The molecule has 31 heavy (non-hydrogen) atoms. The summed E-state index contributed by atoms with van der Waals surface area (Å²) in [6.07, 6.45) is 4.94. The van der Waals surface area contributed by atoms with Crippen LogP contribution in [0.3, 0.4) is 0 Å². The second-order valence-corrected chi connectivity index (χ2v) is 7.44. The Hall–Kier alpha value is -2.36. The minimum absolute atomic E-state index is 0. The topological polar surface area (TPSA) is 136 Å². The molecule has 2 heterocycles. The van der Waals surface area contributed by atoms with E-state index in [-0.39, 0.29) is 53.3 Å². The highest BCUT2D eigenvalue weighted by molar-refractivity contribution is 5.87. The standard InChI is InChI=1S/C20H29N7O2.2ClH/c1-3-4-6-13-11-17(26-10-5-7-14(12-26)23-2)25-20(24-13)18-15(21)8-9-16(22)19(18)27(28)29;;/h8-9,11,14,23H,3-7,10,12,21-22H2,1-2H3;2*1H. The summed E-state index contributed by atoms with van der Waals surface area (Å²) in [6.45, 7) is 3.83. The van der Waals surface area contributed by atoms with Crippen molar-refractivity contribution in [2.75, 3.05) is 36.5 Å². The first kappa shape index (κ1) is 26.7. The summed E-state index contributed by atoms with van der Waals surface area (Å²) in [5, 5.41) is 15.0. The van der Waals surface area contributed by atoms with Gasteiger partial charge in [-0.3, -0.25) is 10.1 Å². The molecule has 1 unspecified atom stereocenters. The minimum atomic E-state index is -0.513. The maximum Gasteiger partial charge on any atom is 0.305 e. The molecule has 0 saturated carbocycles. The molecule has 11 heteroatoms. The van der Waals surface area contributed by atoms with Gasteiger partial charge in [0, 0.05) is 36.6 Å². The van der Waals surface area contributed by atoms with Crippen LogP contribution in [-0.4, -0.2) is 41.1 Å². The molecule has 9 nitrogen and oxygen atoms in total. The van der Waals surface area contributed by atoms with Crippen LogP contribution in [0.2, 0.25) is 0 Å². The quantitative estimate of drug-likeness (QED) is 0.316. The molecule has 1 fully saturated rings.